The van der Waals surface area contributed by atoms with Gasteiger partial charge in [0.1, 0.15) is 5.75 Å². The number of benzene rings is 1. The predicted molar refractivity (Wildman–Crippen MR) is 82.3 cm³/mol. The van der Waals surface area contributed by atoms with Crippen LogP contribution in [0.25, 0.3) is 0 Å². The molecule has 5 nitrogen and oxygen atoms in total. The summed E-state index contributed by atoms with van der Waals surface area (Å²) in [6.07, 6.45) is 0.0649. The Morgan fingerprint density at radius 3 is 2.43 bits per heavy atom. The molecule has 118 valence electrons. The molecule has 0 saturated carbocycles. The Kier molecular flexibility index (Phi) is 6.04. The lowest BCUT2D eigenvalue weighted by atomic mass is 10.1. The number of nitrogens with zero attached hydrogens (tertiary/aromatic N) is 1. The van der Waals surface area contributed by atoms with E-state index in [-0.39, 0.29) is 23.3 Å². The molecule has 0 spiro atoms. The average Bonchev–Trinajstić information content (AvgIpc) is 2.37. The molecule has 1 aromatic rings. The fourth-order valence-corrected chi connectivity index (χ4v) is 2.94. The smallest absolute Gasteiger partial charge is 0.261 e. The first-order valence-corrected chi connectivity index (χ1v) is 8.92. The first-order chi connectivity index (χ1) is 9.70. The highest BCUT2D eigenvalue weighted by atomic mass is 35.7. The number of rotatable bonds is 6. The van der Waals surface area contributed by atoms with E-state index in [9.17, 15) is 13.2 Å². The molecule has 1 rings (SSSR count). The van der Waals surface area contributed by atoms with E-state index >= 15 is 0 Å². The van der Waals surface area contributed by atoms with Crippen LogP contribution in [0.4, 0.5) is 0 Å². The van der Waals surface area contributed by atoms with Gasteiger partial charge >= 0.3 is 0 Å². The molecule has 0 unspecified atom stereocenters. The van der Waals surface area contributed by atoms with E-state index in [0.29, 0.717) is 17.9 Å². The molecule has 1 aromatic carbocycles. The predicted octanol–water partition coefficient (Wildman–Crippen LogP) is 2.42. The average molecular weight is 334 g/mol. The Balaban J connectivity index is 3.14. The summed E-state index contributed by atoms with van der Waals surface area (Å²) < 4.78 is 28.0. The van der Waals surface area contributed by atoms with Gasteiger partial charge in [0, 0.05) is 28.8 Å². The highest BCUT2D eigenvalue weighted by molar-refractivity contribution is 8.13. The first kappa shape index (κ1) is 17.8. The zero-order valence-corrected chi connectivity index (χ0v) is 14.2. The van der Waals surface area contributed by atoms with Crippen LogP contribution in [0, 0.1) is 0 Å². The minimum atomic E-state index is -3.84. The third-order valence-electron chi connectivity index (χ3n) is 3.16. The standard InChI is InChI=1S/C14H20ClNO4S/c1-5-16(10(2)3)14(17)9-11-8-12(21(15,18)19)6-7-13(11)20-4/h6-8,10H,5,9H2,1-4H3. The van der Waals surface area contributed by atoms with E-state index in [1.165, 1.54) is 25.3 Å². The fraction of sp³-hybridized carbons (Fsp3) is 0.500. The maximum absolute atomic E-state index is 12.3. The monoisotopic (exact) mass is 333 g/mol. The lowest BCUT2D eigenvalue weighted by Crippen LogP contribution is -2.37. The molecule has 0 aliphatic heterocycles. The van der Waals surface area contributed by atoms with Crippen molar-refractivity contribution in [1.82, 2.24) is 4.90 Å². The van der Waals surface area contributed by atoms with Gasteiger partial charge in [-0.05, 0) is 39.0 Å². The van der Waals surface area contributed by atoms with Gasteiger partial charge in [0.2, 0.25) is 5.91 Å². The highest BCUT2D eigenvalue weighted by Crippen LogP contribution is 2.25. The quantitative estimate of drug-likeness (QED) is 0.750. The van der Waals surface area contributed by atoms with Gasteiger partial charge < -0.3 is 9.64 Å². The van der Waals surface area contributed by atoms with Gasteiger partial charge in [-0.3, -0.25) is 4.79 Å². The van der Waals surface area contributed by atoms with Crippen molar-refractivity contribution in [2.75, 3.05) is 13.7 Å². The van der Waals surface area contributed by atoms with E-state index in [1.807, 2.05) is 20.8 Å². The van der Waals surface area contributed by atoms with Crippen molar-refractivity contribution in [2.24, 2.45) is 0 Å². The van der Waals surface area contributed by atoms with Crippen LogP contribution in [0.15, 0.2) is 23.1 Å². The summed E-state index contributed by atoms with van der Waals surface area (Å²) in [5, 5.41) is 0. The lowest BCUT2D eigenvalue weighted by molar-refractivity contribution is -0.131. The van der Waals surface area contributed by atoms with Crippen LogP contribution in [-0.4, -0.2) is 38.9 Å². The van der Waals surface area contributed by atoms with Crippen LogP contribution < -0.4 is 4.74 Å². The Labute approximate surface area is 130 Å². The molecular formula is C14H20ClNO4S. The van der Waals surface area contributed by atoms with Crippen LogP contribution in [0.3, 0.4) is 0 Å². The second-order valence-corrected chi connectivity index (χ2v) is 7.43. The number of ether oxygens (including phenoxy) is 1. The maximum atomic E-state index is 12.3. The summed E-state index contributed by atoms with van der Waals surface area (Å²) in [5.74, 6) is 0.377. The molecule has 21 heavy (non-hydrogen) atoms. The van der Waals surface area contributed by atoms with E-state index in [0.717, 1.165) is 0 Å². The summed E-state index contributed by atoms with van der Waals surface area (Å²) in [6.45, 7) is 6.34. The van der Waals surface area contributed by atoms with Crippen molar-refractivity contribution in [3.05, 3.63) is 23.8 Å². The largest absolute Gasteiger partial charge is 0.496 e. The van der Waals surface area contributed by atoms with E-state index in [1.54, 1.807) is 4.90 Å². The SMILES string of the molecule is CCN(C(=O)Cc1cc(S(=O)(=O)Cl)ccc1OC)C(C)C. The summed E-state index contributed by atoms with van der Waals surface area (Å²) in [4.78, 5) is 14.0. The number of carbonyl (C=O) groups is 1. The number of amides is 1. The Bertz CT molecular complexity index is 613. The van der Waals surface area contributed by atoms with Crippen LogP contribution in [0.2, 0.25) is 0 Å². The fourth-order valence-electron chi connectivity index (χ4n) is 2.14. The van der Waals surface area contributed by atoms with Crippen LogP contribution in [0.1, 0.15) is 26.3 Å². The van der Waals surface area contributed by atoms with E-state index in [2.05, 4.69) is 0 Å². The van der Waals surface area contributed by atoms with Crippen molar-refractivity contribution >= 4 is 25.6 Å². The molecule has 0 saturated heterocycles. The molecular weight excluding hydrogens is 314 g/mol. The molecule has 0 atom stereocenters. The molecule has 7 heteroatoms. The summed E-state index contributed by atoms with van der Waals surface area (Å²) >= 11 is 0. The minimum Gasteiger partial charge on any atom is -0.496 e. The Morgan fingerprint density at radius 2 is 2.00 bits per heavy atom. The normalized spacial score (nSPS) is 11.5. The van der Waals surface area contributed by atoms with Crippen LogP contribution in [-0.2, 0) is 20.3 Å². The molecule has 0 aliphatic rings. The third-order valence-corrected chi connectivity index (χ3v) is 4.51. The molecule has 1 amide bonds. The molecule has 0 fully saturated rings. The Morgan fingerprint density at radius 1 is 1.38 bits per heavy atom. The number of halogens is 1. The number of methoxy groups -OCH3 is 1. The molecule has 0 N–H and O–H groups in total. The van der Waals surface area contributed by atoms with E-state index in [4.69, 9.17) is 15.4 Å². The van der Waals surface area contributed by atoms with Crippen molar-refractivity contribution in [2.45, 2.75) is 38.1 Å². The summed E-state index contributed by atoms with van der Waals surface area (Å²) in [6, 6.07) is 4.32. The Hall–Kier alpha value is -1.27. The van der Waals surface area contributed by atoms with Crippen molar-refractivity contribution in [3.63, 3.8) is 0 Å². The molecule has 0 bridgehead atoms. The molecule has 0 aromatic heterocycles. The van der Waals surface area contributed by atoms with Gasteiger partial charge in [-0.1, -0.05) is 0 Å². The second-order valence-electron chi connectivity index (χ2n) is 4.86. The van der Waals surface area contributed by atoms with Gasteiger partial charge in [-0.2, -0.15) is 0 Å². The summed E-state index contributed by atoms with van der Waals surface area (Å²) in [5.41, 5.74) is 0.503. The zero-order chi connectivity index (χ0) is 16.2. The second kappa shape index (κ2) is 7.13. The lowest BCUT2D eigenvalue weighted by Gasteiger charge is -2.25. The molecule has 0 radical (unpaired) electrons. The van der Waals surface area contributed by atoms with E-state index < -0.39 is 9.05 Å². The highest BCUT2D eigenvalue weighted by Gasteiger charge is 2.19. The van der Waals surface area contributed by atoms with Crippen LogP contribution in [0.5, 0.6) is 5.75 Å². The van der Waals surface area contributed by atoms with Gasteiger partial charge in [0.25, 0.3) is 9.05 Å². The maximum Gasteiger partial charge on any atom is 0.261 e. The molecule has 0 aliphatic carbocycles. The summed E-state index contributed by atoms with van der Waals surface area (Å²) in [7, 11) is 2.97. The zero-order valence-electron chi connectivity index (χ0n) is 12.6. The first-order valence-electron chi connectivity index (χ1n) is 6.61. The number of likely N-dealkylation sites (N-methyl/N-ethyl adjacent to an activating group) is 1. The van der Waals surface area contributed by atoms with Crippen molar-refractivity contribution in [1.29, 1.82) is 0 Å². The van der Waals surface area contributed by atoms with Crippen LogP contribution >= 0.6 is 10.7 Å². The third kappa shape index (κ3) is 4.61. The van der Waals surface area contributed by atoms with Gasteiger partial charge in [0.05, 0.1) is 18.4 Å². The number of hydrogen-bond donors (Lipinski definition) is 0. The molecule has 0 heterocycles. The topological polar surface area (TPSA) is 63.7 Å². The van der Waals surface area contributed by atoms with Gasteiger partial charge in [0.15, 0.2) is 0 Å². The minimum absolute atomic E-state index is 0.0413. The van der Waals surface area contributed by atoms with Gasteiger partial charge in [-0.15, -0.1) is 0 Å². The number of carbonyl (C=O) groups excluding carboxylic acids is 1. The van der Waals surface area contributed by atoms with Gasteiger partial charge in [-0.25, -0.2) is 8.42 Å². The van der Waals surface area contributed by atoms with Crippen molar-refractivity contribution < 1.29 is 17.9 Å². The van der Waals surface area contributed by atoms with Crippen molar-refractivity contribution in [3.8, 4) is 5.75 Å². The number of hydrogen-bond acceptors (Lipinski definition) is 4.